The first-order valence-electron chi connectivity index (χ1n) is 6.21. The van der Waals surface area contributed by atoms with Crippen LogP contribution < -0.4 is 0 Å². The molecule has 0 bridgehead atoms. The maximum absolute atomic E-state index is 12.4. The molecule has 1 saturated heterocycles. The summed E-state index contributed by atoms with van der Waals surface area (Å²) >= 11 is 3.13. The fourth-order valence-electron chi connectivity index (χ4n) is 2.32. The molecular formula is C13H13BrN2O5. The molecule has 0 spiro atoms. The number of hydrogen-bond acceptors (Lipinski definition) is 4. The summed E-state index contributed by atoms with van der Waals surface area (Å²) in [6.07, 6.45) is 0.332. The number of nitro benzene ring substituents is 1. The number of hydrogen-bond donors (Lipinski definition) is 1. The number of aliphatic carboxylic acids is 1. The van der Waals surface area contributed by atoms with Gasteiger partial charge < -0.3 is 10.0 Å². The van der Waals surface area contributed by atoms with Gasteiger partial charge in [-0.3, -0.25) is 19.7 Å². The van der Waals surface area contributed by atoms with E-state index in [0.717, 1.165) is 0 Å². The van der Waals surface area contributed by atoms with Gasteiger partial charge in [-0.15, -0.1) is 0 Å². The van der Waals surface area contributed by atoms with Crippen molar-refractivity contribution in [2.75, 3.05) is 13.1 Å². The Morgan fingerprint density at radius 1 is 1.48 bits per heavy atom. The number of carboxylic acids is 1. The SMILES string of the molecule is CC1(C(=O)O)CCN(C(=O)c2ccc(Br)cc2[N+](=O)[O-])C1. The van der Waals surface area contributed by atoms with E-state index in [-0.39, 0.29) is 24.3 Å². The summed E-state index contributed by atoms with van der Waals surface area (Å²) in [5.41, 5.74) is -1.32. The molecule has 0 saturated carbocycles. The van der Waals surface area contributed by atoms with Crippen molar-refractivity contribution in [1.29, 1.82) is 0 Å². The molecule has 8 heteroatoms. The Labute approximate surface area is 128 Å². The predicted octanol–water partition coefficient (Wildman–Crippen LogP) is 2.29. The molecule has 1 aliphatic rings. The van der Waals surface area contributed by atoms with Gasteiger partial charge in [-0.25, -0.2) is 0 Å². The van der Waals surface area contributed by atoms with E-state index in [1.165, 1.54) is 17.0 Å². The Bertz CT molecular complexity index is 633. The van der Waals surface area contributed by atoms with Gasteiger partial charge in [0.15, 0.2) is 0 Å². The largest absolute Gasteiger partial charge is 0.481 e. The molecule has 7 nitrogen and oxygen atoms in total. The molecule has 1 amide bonds. The molecule has 2 rings (SSSR count). The van der Waals surface area contributed by atoms with Crippen molar-refractivity contribution in [3.63, 3.8) is 0 Å². The van der Waals surface area contributed by atoms with Crippen LogP contribution in [0.2, 0.25) is 0 Å². The molecule has 0 aliphatic carbocycles. The van der Waals surface area contributed by atoms with Crippen molar-refractivity contribution in [2.45, 2.75) is 13.3 Å². The third-order valence-corrected chi connectivity index (χ3v) is 4.16. The maximum atomic E-state index is 12.4. The number of nitro groups is 1. The second-order valence-electron chi connectivity index (χ2n) is 5.26. The number of carbonyl (C=O) groups excluding carboxylic acids is 1. The number of halogens is 1. The van der Waals surface area contributed by atoms with Gasteiger partial charge in [-0.05, 0) is 25.5 Å². The number of benzene rings is 1. The smallest absolute Gasteiger partial charge is 0.311 e. The lowest BCUT2D eigenvalue weighted by atomic mass is 9.90. The summed E-state index contributed by atoms with van der Waals surface area (Å²) in [5.74, 6) is -1.48. The number of amides is 1. The third kappa shape index (κ3) is 2.90. The van der Waals surface area contributed by atoms with E-state index in [1.807, 2.05) is 0 Å². The Balaban J connectivity index is 2.30. The first-order valence-corrected chi connectivity index (χ1v) is 7.00. The highest BCUT2D eigenvalue weighted by molar-refractivity contribution is 9.10. The molecule has 0 aromatic heterocycles. The number of likely N-dealkylation sites (tertiary alicyclic amines) is 1. The van der Waals surface area contributed by atoms with Crippen molar-refractivity contribution in [3.8, 4) is 0 Å². The monoisotopic (exact) mass is 356 g/mol. The van der Waals surface area contributed by atoms with Gasteiger partial charge in [-0.1, -0.05) is 15.9 Å². The fourth-order valence-corrected chi connectivity index (χ4v) is 2.67. The van der Waals surface area contributed by atoms with Gasteiger partial charge in [0.1, 0.15) is 5.56 Å². The molecule has 1 aliphatic heterocycles. The molecule has 112 valence electrons. The lowest BCUT2D eigenvalue weighted by molar-refractivity contribution is -0.385. The van der Waals surface area contributed by atoms with Crippen LogP contribution in [0.4, 0.5) is 5.69 Å². The van der Waals surface area contributed by atoms with Crippen LogP contribution in [0.15, 0.2) is 22.7 Å². The van der Waals surface area contributed by atoms with Crippen LogP contribution in [0.5, 0.6) is 0 Å². The van der Waals surface area contributed by atoms with E-state index in [9.17, 15) is 19.7 Å². The molecule has 1 heterocycles. The Morgan fingerprint density at radius 3 is 2.67 bits per heavy atom. The Hall–Kier alpha value is -1.96. The fraction of sp³-hybridized carbons (Fsp3) is 0.385. The van der Waals surface area contributed by atoms with Crippen LogP contribution in [0.25, 0.3) is 0 Å². The first-order chi connectivity index (χ1) is 9.74. The van der Waals surface area contributed by atoms with Crippen LogP contribution in [0, 0.1) is 15.5 Å². The molecule has 0 radical (unpaired) electrons. The van der Waals surface area contributed by atoms with Crippen molar-refractivity contribution in [2.24, 2.45) is 5.41 Å². The van der Waals surface area contributed by atoms with Gasteiger partial charge in [0.05, 0.1) is 10.3 Å². The number of rotatable bonds is 3. The van der Waals surface area contributed by atoms with Gasteiger partial charge in [0.25, 0.3) is 11.6 Å². The zero-order chi connectivity index (χ0) is 15.8. The van der Waals surface area contributed by atoms with Crippen molar-refractivity contribution in [3.05, 3.63) is 38.3 Å². The second kappa shape index (κ2) is 5.44. The van der Waals surface area contributed by atoms with Crippen LogP contribution in [0.1, 0.15) is 23.7 Å². The second-order valence-corrected chi connectivity index (χ2v) is 6.18. The minimum atomic E-state index is -1.00. The van der Waals surface area contributed by atoms with E-state index in [0.29, 0.717) is 10.9 Å². The topological polar surface area (TPSA) is 101 Å². The minimum Gasteiger partial charge on any atom is -0.481 e. The summed E-state index contributed by atoms with van der Waals surface area (Å²) in [6, 6.07) is 4.19. The molecule has 1 aromatic carbocycles. The molecule has 21 heavy (non-hydrogen) atoms. The summed E-state index contributed by atoms with van der Waals surface area (Å²) in [5, 5.41) is 20.2. The normalized spacial score (nSPS) is 21.3. The Kier molecular flexibility index (Phi) is 3.99. The van der Waals surface area contributed by atoms with Crippen LogP contribution in [-0.2, 0) is 4.79 Å². The minimum absolute atomic E-state index is 0.0298. The van der Waals surface area contributed by atoms with Crippen LogP contribution in [0.3, 0.4) is 0 Å². The average molecular weight is 357 g/mol. The van der Waals surface area contributed by atoms with Crippen molar-refractivity contribution in [1.82, 2.24) is 4.90 Å². The lowest BCUT2D eigenvalue weighted by Gasteiger charge is -2.20. The van der Waals surface area contributed by atoms with E-state index in [4.69, 9.17) is 5.11 Å². The highest BCUT2D eigenvalue weighted by Gasteiger charge is 2.43. The summed E-state index contributed by atoms with van der Waals surface area (Å²) in [4.78, 5) is 35.4. The predicted molar refractivity (Wildman–Crippen MR) is 77.1 cm³/mol. The van der Waals surface area contributed by atoms with Crippen molar-refractivity contribution >= 4 is 33.5 Å². The standard InChI is InChI=1S/C13H13BrN2O5/c1-13(12(18)19)4-5-15(7-13)11(17)9-3-2-8(14)6-10(9)16(20)21/h2-3,6H,4-5,7H2,1H3,(H,18,19). The average Bonchev–Trinajstić information content (AvgIpc) is 2.82. The van der Waals surface area contributed by atoms with Gasteiger partial charge >= 0.3 is 5.97 Å². The van der Waals surface area contributed by atoms with Crippen LogP contribution in [-0.4, -0.2) is 39.9 Å². The molecular weight excluding hydrogens is 344 g/mol. The van der Waals surface area contributed by atoms with E-state index >= 15 is 0 Å². The summed E-state index contributed by atoms with van der Waals surface area (Å²) < 4.78 is 0.502. The van der Waals surface area contributed by atoms with Crippen LogP contribution >= 0.6 is 15.9 Å². The summed E-state index contributed by atoms with van der Waals surface area (Å²) in [6.45, 7) is 1.89. The summed E-state index contributed by atoms with van der Waals surface area (Å²) in [7, 11) is 0. The van der Waals surface area contributed by atoms with E-state index in [2.05, 4.69) is 15.9 Å². The quantitative estimate of drug-likeness (QED) is 0.661. The van der Waals surface area contributed by atoms with Gasteiger partial charge in [0, 0.05) is 23.6 Å². The third-order valence-electron chi connectivity index (χ3n) is 3.66. The van der Waals surface area contributed by atoms with Crippen molar-refractivity contribution < 1.29 is 19.6 Å². The van der Waals surface area contributed by atoms with Gasteiger partial charge in [0.2, 0.25) is 0 Å². The van der Waals surface area contributed by atoms with Gasteiger partial charge in [-0.2, -0.15) is 0 Å². The highest BCUT2D eigenvalue weighted by atomic mass is 79.9. The zero-order valence-electron chi connectivity index (χ0n) is 11.2. The molecule has 1 N–H and O–H groups in total. The number of carbonyl (C=O) groups is 2. The van der Waals surface area contributed by atoms with E-state index < -0.39 is 22.2 Å². The number of nitrogens with zero attached hydrogens (tertiary/aromatic N) is 2. The first kappa shape index (κ1) is 15.4. The molecule has 1 unspecified atom stereocenters. The maximum Gasteiger partial charge on any atom is 0.311 e. The molecule has 1 atom stereocenters. The number of carboxylic acid groups (broad SMARTS) is 1. The lowest BCUT2D eigenvalue weighted by Crippen LogP contribution is -2.35. The highest BCUT2D eigenvalue weighted by Crippen LogP contribution is 2.32. The molecule has 1 aromatic rings. The Morgan fingerprint density at radius 2 is 2.14 bits per heavy atom. The zero-order valence-corrected chi connectivity index (χ0v) is 12.8. The molecule has 1 fully saturated rings. The van der Waals surface area contributed by atoms with E-state index in [1.54, 1.807) is 13.0 Å².